The Morgan fingerprint density at radius 1 is 1.24 bits per heavy atom. The van der Waals surface area contributed by atoms with Gasteiger partial charge in [0.1, 0.15) is 5.82 Å². The summed E-state index contributed by atoms with van der Waals surface area (Å²) in [4.78, 5) is 21.2. The van der Waals surface area contributed by atoms with Crippen LogP contribution >= 0.6 is 0 Å². The van der Waals surface area contributed by atoms with Crippen molar-refractivity contribution in [2.24, 2.45) is 5.92 Å². The summed E-state index contributed by atoms with van der Waals surface area (Å²) in [7, 11) is 0. The first-order chi connectivity index (χ1) is 12.2. The maximum Gasteiger partial charge on any atom is 0.241 e. The molecule has 1 amide bonds. The van der Waals surface area contributed by atoms with E-state index in [-0.39, 0.29) is 11.9 Å². The molecule has 0 spiro atoms. The number of hydrogen-bond donors (Lipinski definition) is 2. The van der Waals surface area contributed by atoms with E-state index in [0.717, 1.165) is 29.2 Å². The number of hydrogen-bond acceptors (Lipinski definition) is 4. The topological polar surface area (TPSA) is 66.9 Å². The largest absolute Gasteiger partial charge is 0.325 e. The zero-order valence-corrected chi connectivity index (χ0v) is 14.5. The molecule has 5 heteroatoms. The van der Waals surface area contributed by atoms with Crippen LogP contribution in [0.15, 0.2) is 36.5 Å². The van der Waals surface area contributed by atoms with Gasteiger partial charge in [0.2, 0.25) is 5.91 Å². The highest BCUT2D eigenvalue weighted by Gasteiger charge is 2.38. The molecule has 1 aromatic heterocycles. The summed E-state index contributed by atoms with van der Waals surface area (Å²) in [6.45, 7) is 1.88. The fraction of sp³-hybridized carbons (Fsp3) is 0.450. The lowest BCUT2D eigenvalue weighted by molar-refractivity contribution is -0.117. The smallest absolute Gasteiger partial charge is 0.241 e. The molecule has 0 bridgehead atoms. The predicted molar refractivity (Wildman–Crippen MR) is 98.1 cm³/mol. The van der Waals surface area contributed by atoms with E-state index in [0.29, 0.717) is 12.0 Å². The molecule has 1 aromatic carbocycles. The van der Waals surface area contributed by atoms with E-state index in [1.165, 1.54) is 25.7 Å². The first-order valence-corrected chi connectivity index (χ1v) is 9.16. The molecule has 3 unspecified atom stereocenters. The Bertz CT molecular complexity index is 762. The van der Waals surface area contributed by atoms with Gasteiger partial charge in [0.25, 0.3) is 0 Å². The summed E-state index contributed by atoms with van der Waals surface area (Å²) < 4.78 is 0. The van der Waals surface area contributed by atoms with Gasteiger partial charge in [-0.05, 0) is 50.3 Å². The van der Waals surface area contributed by atoms with Crippen LogP contribution in [-0.4, -0.2) is 28.0 Å². The third-order valence-corrected chi connectivity index (χ3v) is 5.38. The van der Waals surface area contributed by atoms with Crippen molar-refractivity contribution in [3.8, 4) is 11.3 Å². The summed E-state index contributed by atoms with van der Waals surface area (Å²) in [6, 6.07) is 10.2. The Balaban J connectivity index is 1.46. The SMILES string of the molecule is Cc1nccc(-c2cccc(NC(=O)C3CC4CCCCC4N3)c2)n1. The number of amides is 1. The third kappa shape index (κ3) is 3.56. The number of aryl methyl sites for hydroxylation is 1. The van der Waals surface area contributed by atoms with Crippen molar-refractivity contribution in [2.45, 2.75) is 51.1 Å². The normalized spacial score (nSPS) is 25.4. The number of nitrogens with one attached hydrogen (secondary N) is 2. The summed E-state index contributed by atoms with van der Waals surface area (Å²) in [6.07, 6.45) is 7.76. The third-order valence-electron chi connectivity index (χ3n) is 5.38. The lowest BCUT2D eigenvalue weighted by atomic mass is 9.85. The van der Waals surface area contributed by atoms with Crippen LogP contribution in [0.1, 0.15) is 37.9 Å². The molecular weight excluding hydrogens is 312 g/mol. The molecule has 1 aliphatic carbocycles. The van der Waals surface area contributed by atoms with Gasteiger partial charge in [-0.2, -0.15) is 0 Å². The van der Waals surface area contributed by atoms with Crippen molar-refractivity contribution in [3.05, 3.63) is 42.4 Å². The van der Waals surface area contributed by atoms with Gasteiger partial charge in [-0.15, -0.1) is 0 Å². The molecule has 2 aliphatic rings. The Labute approximate surface area is 148 Å². The Kier molecular flexibility index (Phi) is 4.49. The molecule has 1 saturated heterocycles. The zero-order chi connectivity index (χ0) is 17.2. The number of benzene rings is 1. The molecular formula is C20H24N4O. The van der Waals surface area contributed by atoms with E-state index < -0.39 is 0 Å². The van der Waals surface area contributed by atoms with Crippen molar-refractivity contribution >= 4 is 11.6 Å². The fourth-order valence-electron chi connectivity index (χ4n) is 4.12. The molecule has 1 aliphatic heterocycles. The van der Waals surface area contributed by atoms with Crippen molar-refractivity contribution < 1.29 is 4.79 Å². The average molecular weight is 336 g/mol. The average Bonchev–Trinajstić information content (AvgIpc) is 3.06. The summed E-state index contributed by atoms with van der Waals surface area (Å²) in [5.41, 5.74) is 2.67. The van der Waals surface area contributed by atoms with Gasteiger partial charge >= 0.3 is 0 Å². The van der Waals surface area contributed by atoms with E-state index in [1.807, 2.05) is 37.3 Å². The quantitative estimate of drug-likeness (QED) is 0.902. The second-order valence-corrected chi connectivity index (χ2v) is 7.17. The van der Waals surface area contributed by atoms with E-state index in [2.05, 4.69) is 20.6 Å². The monoisotopic (exact) mass is 336 g/mol. The first kappa shape index (κ1) is 16.2. The highest BCUT2D eigenvalue weighted by molar-refractivity contribution is 5.95. The fourth-order valence-corrected chi connectivity index (χ4v) is 4.12. The lowest BCUT2D eigenvalue weighted by Gasteiger charge is -2.24. The minimum Gasteiger partial charge on any atom is -0.325 e. The van der Waals surface area contributed by atoms with Crippen LogP contribution in [0, 0.1) is 12.8 Å². The van der Waals surface area contributed by atoms with Crippen LogP contribution in [0.25, 0.3) is 11.3 Å². The van der Waals surface area contributed by atoms with Crippen molar-refractivity contribution in [3.63, 3.8) is 0 Å². The van der Waals surface area contributed by atoms with E-state index in [1.54, 1.807) is 6.20 Å². The van der Waals surface area contributed by atoms with Gasteiger partial charge in [-0.25, -0.2) is 9.97 Å². The number of anilines is 1. The number of nitrogens with zero attached hydrogens (tertiary/aromatic N) is 2. The van der Waals surface area contributed by atoms with Gasteiger partial charge in [0, 0.05) is 23.5 Å². The first-order valence-electron chi connectivity index (χ1n) is 9.16. The van der Waals surface area contributed by atoms with Crippen LogP contribution in [0.5, 0.6) is 0 Å². The minimum atomic E-state index is -0.0712. The van der Waals surface area contributed by atoms with Gasteiger partial charge in [-0.3, -0.25) is 4.79 Å². The van der Waals surface area contributed by atoms with Crippen LogP contribution < -0.4 is 10.6 Å². The van der Waals surface area contributed by atoms with Crippen LogP contribution in [-0.2, 0) is 4.79 Å². The summed E-state index contributed by atoms with van der Waals surface area (Å²) >= 11 is 0. The number of carbonyl (C=O) groups excluding carboxylic acids is 1. The number of rotatable bonds is 3. The molecule has 2 heterocycles. The maximum atomic E-state index is 12.7. The van der Waals surface area contributed by atoms with Crippen LogP contribution in [0.4, 0.5) is 5.69 Å². The molecule has 4 rings (SSSR count). The van der Waals surface area contributed by atoms with Gasteiger partial charge in [0.15, 0.2) is 0 Å². The predicted octanol–water partition coefficient (Wildman–Crippen LogP) is 3.31. The zero-order valence-electron chi connectivity index (χ0n) is 14.5. The number of carbonyl (C=O) groups is 1. The van der Waals surface area contributed by atoms with Crippen molar-refractivity contribution in [1.29, 1.82) is 0 Å². The van der Waals surface area contributed by atoms with Crippen LogP contribution in [0.2, 0.25) is 0 Å². The Morgan fingerprint density at radius 3 is 2.96 bits per heavy atom. The van der Waals surface area contributed by atoms with Crippen LogP contribution in [0.3, 0.4) is 0 Å². The maximum absolute atomic E-state index is 12.7. The van der Waals surface area contributed by atoms with Gasteiger partial charge < -0.3 is 10.6 Å². The molecule has 2 aromatic rings. The van der Waals surface area contributed by atoms with E-state index >= 15 is 0 Å². The second kappa shape index (κ2) is 6.92. The van der Waals surface area contributed by atoms with E-state index in [9.17, 15) is 4.79 Å². The van der Waals surface area contributed by atoms with E-state index in [4.69, 9.17) is 0 Å². The molecule has 2 N–H and O–H groups in total. The lowest BCUT2D eigenvalue weighted by Crippen LogP contribution is -2.39. The molecule has 1 saturated carbocycles. The van der Waals surface area contributed by atoms with Crippen molar-refractivity contribution in [1.82, 2.24) is 15.3 Å². The molecule has 130 valence electrons. The highest BCUT2D eigenvalue weighted by Crippen LogP contribution is 2.33. The van der Waals surface area contributed by atoms with Gasteiger partial charge in [-0.1, -0.05) is 25.0 Å². The Morgan fingerprint density at radius 2 is 2.12 bits per heavy atom. The molecule has 2 fully saturated rings. The second-order valence-electron chi connectivity index (χ2n) is 7.17. The molecule has 0 radical (unpaired) electrons. The van der Waals surface area contributed by atoms with Crippen molar-refractivity contribution in [2.75, 3.05) is 5.32 Å². The number of fused-ring (bicyclic) bond motifs is 1. The Hall–Kier alpha value is -2.27. The molecule has 25 heavy (non-hydrogen) atoms. The molecule has 3 atom stereocenters. The minimum absolute atomic E-state index is 0.0712. The number of aromatic nitrogens is 2. The standard InChI is InChI=1S/C20H24N4O/c1-13-21-10-9-18(22-13)14-6-4-7-16(11-14)23-20(25)19-12-15-5-2-3-8-17(15)24-19/h4,6-7,9-11,15,17,19,24H,2-3,5,8,12H2,1H3,(H,23,25). The van der Waals surface area contributed by atoms with Gasteiger partial charge in [0.05, 0.1) is 11.7 Å². The highest BCUT2D eigenvalue weighted by atomic mass is 16.2. The summed E-state index contributed by atoms with van der Waals surface area (Å²) in [5, 5.41) is 6.61. The summed E-state index contributed by atoms with van der Waals surface area (Å²) in [5.74, 6) is 1.48. The molecule has 5 nitrogen and oxygen atoms in total.